The summed E-state index contributed by atoms with van der Waals surface area (Å²) in [6, 6.07) is 12.8. The summed E-state index contributed by atoms with van der Waals surface area (Å²) in [5.74, 6) is -0.721. The molecular weight excluding hydrogens is 306 g/mol. The Kier molecular flexibility index (Phi) is 4.90. The third-order valence-electron chi connectivity index (χ3n) is 4.28. The van der Waals surface area contributed by atoms with Crippen LogP contribution in [-0.2, 0) is 0 Å². The van der Waals surface area contributed by atoms with Gasteiger partial charge >= 0.3 is 0 Å². The molecule has 0 aromatic heterocycles. The van der Waals surface area contributed by atoms with E-state index in [2.05, 4.69) is 11.0 Å². The Labute approximate surface area is 140 Å². The second kappa shape index (κ2) is 7.27. The summed E-state index contributed by atoms with van der Waals surface area (Å²) >= 11 is 0. The van der Waals surface area contributed by atoms with Gasteiger partial charge in [0.15, 0.2) is 0 Å². The number of nitriles is 1. The summed E-state index contributed by atoms with van der Waals surface area (Å²) in [5.41, 5.74) is 2.11. The van der Waals surface area contributed by atoms with Gasteiger partial charge in [-0.25, -0.2) is 8.78 Å². The molecule has 2 aromatic carbocycles. The molecule has 0 atom stereocenters. The molecule has 3 rings (SSSR count). The van der Waals surface area contributed by atoms with Crippen LogP contribution in [0.2, 0.25) is 0 Å². The van der Waals surface area contributed by atoms with Crippen molar-refractivity contribution in [3.05, 3.63) is 65.2 Å². The van der Waals surface area contributed by atoms with Crippen molar-refractivity contribution < 1.29 is 8.78 Å². The van der Waals surface area contributed by atoms with Gasteiger partial charge in [0, 0.05) is 24.3 Å². The molecule has 0 aliphatic carbocycles. The summed E-state index contributed by atoms with van der Waals surface area (Å²) < 4.78 is 27.4. The molecule has 1 fully saturated rings. The molecule has 1 aliphatic heterocycles. The van der Waals surface area contributed by atoms with Crippen molar-refractivity contribution in [3.63, 3.8) is 0 Å². The first-order valence-electron chi connectivity index (χ1n) is 8.09. The van der Waals surface area contributed by atoms with Gasteiger partial charge in [-0.2, -0.15) is 5.26 Å². The number of hydrogen-bond donors (Lipinski definition) is 0. The van der Waals surface area contributed by atoms with E-state index in [9.17, 15) is 14.0 Å². The number of benzene rings is 2. The molecular formula is C20H18F2N2. The van der Waals surface area contributed by atoms with E-state index >= 15 is 0 Å². The minimum Gasteiger partial charge on any atom is -0.371 e. The first kappa shape index (κ1) is 16.2. The summed E-state index contributed by atoms with van der Waals surface area (Å²) in [5, 5.41) is 9.32. The normalized spacial score (nSPS) is 15.2. The zero-order valence-corrected chi connectivity index (χ0v) is 13.3. The molecule has 0 amide bonds. The molecule has 0 saturated carbocycles. The summed E-state index contributed by atoms with van der Waals surface area (Å²) in [7, 11) is 0. The van der Waals surface area contributed by atoms with Crippen LogP contribution in [0.25, 0.3) is 11.6 Å². The van der Waals surface area contributed by atoms with Crippen molar-refractivity contribution in [2.45, 2.75) is 19.3 Å². The molecule has 4 heteroatoms. The van der Waals surface area contributed by atoms with Crippen LogP contribution in [0.4, 0.5) is 14.5 Å². The van der Waals surface area contributed by atoms with Gasteiger partial charge in [-0.3, -0.25) is 0 Å². The fraction of sp³-hybridized carbons (Fsp3) is 0.250. The first-order chi connectivity index (χ1) is 11.7. The Bertz CT molecular complexity index is 782. The molecule has 2 nitrogen and oxygen atoms in total. The number of rotatable bonds is 3. The summed E-state index contributed by atoms with van der Waals surface area (Å²) in [4.78, 5) is 2.19. The predicted molar refractivity (Wildman–Crippen MR) is 92.3 cm³/mol. The molecule has 0 unspecified atom stereocenters. The average molecular weight is 324 g/mol. The standard InChI is InChI=1S/C20H18F2N2/c21-18-7-4-15(5-8-18)17(14-23)12-16-6-9-19(13-20(16)22)24-10-2-1-3-11-24/h4-9,12-13H,1-3,10-11H2/b17-12-. The zero-order valence-electron chi connectivity index (χ0n) is 13.3. The first-order valence-corrected chi connectivity index (χ1v) is 8.09. The molecule has 0 radical (unpaired) electrons. The van der Waals surface area contributed by atoms with Gasteiger partial charge < -0.3 is 4.90 Å². The van der Waals surface area contributed by atoms with Crippen LogP contribution in [0, 0.1) is 23.0 Å². The van der Waals surface area contributed by atoms with Gasteiger partial charge in [0.1, 0.15) is 11.6 Å². The Morgan fingerprint density at radius 1 is 1.00 bits per heavy atom. The van der Waals surface area contributed by atoms with E-state index < -0.39 is 0 Å². The van der Waals surface area contributed by atoms with Crippen molar-refractivity contribution in [3.8, 4) is 6.07 Å². The van der Waals surface area contributed by atoms with Crippen molar-refractivity contribution in [2.75, 3.05) is 18.0 Å². The third kappa shape index (κ3) is 3.62. The van der Waals surface area contributed by atoms with Crippen LogP contribution in [0.1, 0.15) is 30.4 Å². The van der Waals surface area contributed by atoms with Crippen molar-refractivity contribution in [1.29, 1.82) is 5.26 Å². The number of nitrogens with zero attached hydrogens (tertiary/aromatic N) is 2. The topological polar surface area (TPSA) is 27.0 Å². The molecule has 1 heterocycles. The van der Waals surface area contributed by atoms with Crippen LogP contribution in [0.5, 0.6) is 0 Å². The van der Waals surface area contributed by atoms with E-state index in [1.165, 1.54) is 42.8 Å². The maximum Gasteiger partial charge on any atom is 0.132 e. The van der Waals surface area contributed by atoms with E-state index in [4.69, 9.17) is 0 Å². The fourth-order valence-corrected chi connectivity index (χ4v) is 2.95. The monoisotopic (exact) mass is 324 g/mol. The highest BCUT2D eigenvalue weighted by Gasteiger charge is 2.13. The van der Waals surface area contributed by atoms with Gasteiger partial charge in [0.2, 0.25) is 0 Å². The van der Waals surface area contributed by atoms with E-state index in [1.54, 1.807) is 6.07 Å². The van der Waals surface area contributed by atoms with E-state index in [1.807, 2.05) is 6.07 Å². The highest BCUT2D eigenvalue weighted by molar-refractivity contribution is 5.89. The number of anilines is 1. The van der Waals surface area contributed by atoms with Crippen LogP contribution in [-0.4, -0.2) is 13.1 Å². The van der Waals surface area contributed by atoms with Gasteiger partial charge in [-0.1, -0.05) is 12.1 Å². The highest BCUT2D eigenvalue weighted by Crippen LogP contribution is 2.25. The van der Waals surface area contributed by atoms with Crippen LogP contribution in [0.3, 0.4) is 0 Å². The quantitative estimate of drug-likeness (QED) is 0.585. The van der Waals surface area contributed by atoms with E-state index in [0.717, 1.165) is 31.6 Å². The largest absolute Gasteiger partial charge is 0.371 e. The van der Waals surface area contributed by atoms with Gasteiger partial charge in [0.05, 0.1) is 11.6 Å². The van der Waals surface area contributed by atoms with E-state index in [0.29, 0.717) is 16.7 Å². The number of halogens is 2. The molecule has 24 heavy (non-hydrogen) atoms. The summed E-state index contributed by atoms with van der Waals surface area (Å²) in [6.07, 6.45) is 4.99. The second-order valence-corrected chi connectivity index (χ2v) is 5.93. The van der Waals surface area contributed by atoms with Gasteiger partial charge in [-0.15, -0.1) is 0 Å². The van der Waals surface area contributed by atoms with Gasteiger partial charge in [-0.05, 0) is 61.2 Å². The SMILES string of the molecule is N#C/C(=C/c1ccc(N2CCCCC2)cc1F)c1ccc(F)cc1. The smallest absolute Gasteiger partial charge is 0.132 e. The predicted octanol–water partition coefficient (Wildman–Crippen LogP) is 5.02. The van der Waals surface area contributed by atoms with E-state index in [-0.39, 0.29) is 11.6 Å². The lowest BCUT2D eigenvalue weighted by molar-refractivity contribution is 0.574. The summed E-state index contributed by atoms with van der Waals surface area (Å²) in [6.45, 7) is 1.90. The Morgan fingerprint density at radius 2 is 1.71 bits per heavy atom. The Balaban J connectivity index is 1.88. The number of piperidine rings is 1. The molecule has 122 valence electrons. The molecule has 1 saturated heterocycles. The lowest BCUT2D eigenvalue weighted by atomic mass is 10.0. The molecule has 2 aromatic rings. The van der Waals surface area contributed by atoms with Crippen LogP contribution in [0.15, 0.2) is 42.5 Å². The molecule has 0 N–H and O–H groups in total. The van der Waals surface area contributed by atoms with Crippen molar-refractivity contribution in [1.82, 2.24) is 0 Å². The van der Waals surface area contributed by atoms with Crippen molar-refractivity contribution >= 4 is 17.3 Å². The van der Waals surface area contributed by atoms with Gasteiger partial charge in [0.25, 0.3) is 0 Å². The Morgan fingerprint density at radius 3 is 2.33 bits per heavy atom. The highest BCUT2D eigenvalue weighted by atomic mass is 19.1. The third-order valence-corrected chi connectivity index (χ3v) is 4.28. The van der Waals surface area contributed by atoms with Crippen molar-refractivity contribution in [2.24, 2.45) is 0 Å². The minimum atomic E-state index is -0.367. The maximum atomic E-state index is 14.4. The lowest BCUT2D eigenvalue weighted by Crippen LogP contribution is -2.29. The Hall–Kier alpha value is -2.67. The fourth-order valence-electron chi connectivity index (χ4n) is 2.95. The average Bonchev–Trinajstić information content (AvgIpc) is 2.62. The minimum absolute atomic E-state index is 0.305. The molecule has 1 aliphatic rings. The molecule has 0 bridgehead atoms. The second-order valence-electron chi connectivity index (χ2n) is 5.93. The zero-order chi connectivity index (χ0) is 16.9. The molecule has 0 spiro atoms. The van der Waals surface area contributed by atoms with Crippen LogP contribution >= 0.6 is 0 Å². The number of allylic oxidation sites excluding steroid dienone is 1. The number of hydrogen-bond acceptors (Lipinski definition) is 2. The lowest BCUT2D eigenvalue weighted by Gasteiger charge is -2.28. The maximum absolute atomic E-state index is 14.4. The van der Waals surface area contributed by atoms with Crippen LogP contribution < -0.4 is 4.90 Å².